The van der Waals surface area contributed by atoms with Crippen molar-refractivity contribution in [2.45, 2.75) is 0 Å². The molecule has 0 atom stereocenters. The van der Waals surface area contributed by atoms with Gasteiger partial charge in [0, 0.05) is 20.7 Å². The van der Waals surface area contributed by atoms with Crippen LogP contribution in [0.3, 0.4) is 0 Å². The lowest BCUT2D eigenvalue weighted by atomic mass is 10.2. The van der Waals surface area contributed by atoms with Crippen molar-refractivity contribution in [3.05, 3.63) is 52.0 Å². The molecule has 0 fully saturated rings. The van der Waals surface area contributed by atoms with Crippen LogP contribution >= 0.6 is 27.5 Å². The van der Waals surface area contributed by atoms with Gasteiger partial charge in [-0.05, 0) is 56.7 Å². The van der Waals surface area contributed by atoms with Crippen LogP contribution in [-0.2, 0) is 0 Å². The largest absolute Gasteiger partial charge is 0.399 e. The highest BCUT2D eigenvalue weighted by atomic mass is 79.9. The first-order valence-corrected chi connectivity index (χ1v) is 6.92. The minimum Gasteiger partial charge on any atom is -0.399 e. The lowest BCUT2D eigenvalue weighted by Gasteiger charge is -2.07. The summed E-state index contributed by atoms with van der Waals surface area (Å²) in [6.07, 6.45) is 0. The van der Waals surface area contributed by atoms with Crippen LogP contribution < -0.4 is 5.73 Å². The quantitative estimate of drug-likeness (QED) is 0.720. The Bertz CT molecular complexity index is 771. The lowest BCUT2D eigenvalue weighted by Crippen LogP contribution is -2.01. The van der Waals surface area contributed by atoms with E-state index in [-0.39, 0.29) is 0 Å². The highest BCUT2D eigenvalue weighted by Crippen LogP contribution is 2.28. The summed E-state index contributed by atoms with van der Waals surface area (Å²) in [5.41, 5.74) is 8.11. The van der Waals surface area contributed by atoms with Crippen LogP contribution in [0.1, 0.15) is 0 Å². The van der Waals surface area contributed by atoms with Gasteiger partial charge in [-0.3, -0.25) is 0 Å². The van der Waals surface area contributed by atoms with Gasteiger partial charge in [0.2, 0.25) is 0 Å². The summed E-state index contributed by atoms with van der Waals surface area (Å²) in [7, 11) is 0. The number of hydrogen-bond acceptors (Lipinski definition) is 4. The molecule has 3 aromatic rings. The minimum absolute atomic E-state index is 0.611. The fourth-order valence-corrected chi connectivity index (χ4v) is 2.71. The Hall–Kier alpha value is -1.92. The van der Waals surface area contributed by atoms with E-state index in [4.69, 9.17) is 17.3 Å². The van der Waals surface area contributed by atoms with Gasteiger partial charge >= 0.3 is 0 Å². The van der Waals surface area contributed by atoms with Crippen molar-refractivity contribution in [3.8, 4) is 17.1 Å². The van der Waals surface area contributed by atoms with E-state index in [0.717, 1.165) is 15.7 Å². The van der Waals surface area contributed by atoms with Crippen molar-refractivity contribution >= 4 is 33.2 Å². The molecule has 5 nitrogen and oxygen atoms in total. The standard InChI is InChI=1S/C13H9BrClN5/c14-11-7-9(15)4-5-12(11)20-13(17-18-19-20)8-2-1-3-10(16)6-8/h1-7H,16H2. The first-order valence-electron chi connectivity index (χ1n) is 5.75. The van der Waals surface area contributed by atoms with E-state index < -0.39 is 0 Å². The van der Waals surface area contributed by atoms with E-state index in [0.29, 0.717) is 16.5 Å². The summed E-state index contributed by atoms with van der Waals surface area (Å²) < 4.78 is 2.44. The Morgan fingerprint density at radius 1 is 1.15 bits per heavy atom. The molecule has 0 spiro atoms. The molecule has 1 aromatic heterocycles. The molecule has 0 saturated carbocycles. The molecule has 0 radical (unpaired) electrons. The van der Waals surface area contributed by atoms with Gasteiger partial charge in [-0.15, -0.1) is 5.10 Å². The number of rotatable bonds is 2. The summed E-state index contributed by atoms with van der Waals surface area (Å²) in [6, 6.07) is 12.8. The molecule has 7 heteroatoms. The maximum absolute atomic E-state index is 5.95. The van der Waals surface area contributed by atoms with E-state index in [2.05, 4.69) is 31.5 Å². The second-order valence-electron chi connectivity index (χ2n) is 4.14. The average Bonchev–Trinajstić information content (AvgIpc) is 2.87. The first-order chi connectivity index (χ1) is 9.65. The number of tetrazole rings is 1. The van der Waals surface area contributed by atoms with Crippen molar-refractivity contribution in [3.63, 3.8) is 0 Å². The topological polar surface area (TPSA) is 69.6 Å². The monoisotopic (exact) mass is 349 g/mol. The van der Waals surface area contributed by atoms with Crippen LogP contribution in [0.15, 0.2) is 46.9 Å². The van der Waals surface area contributed by atoms with E-state index >= 15 is 0 Å². The van der Waals surface area contributed by atoms with Gasteiger partial charge in [-0.1, -0.05) is 23.7 Å². The number of nitrogens with zero attached hydrogens (tertiary/aromatic N) is 4. The van der Waals surface area contributed by atoms with Gasteiger partial charge in [0.1, 0.15) is 0 Å². The zero-order chi connectivity index (χ0) is 14.1. The fourth-order valence-electron chi connectivity index (χ4n) is 1.86. The molecule has 100 valence electrons. The third kappa shape index (κ3) is 2.39. The van der Waals surface area contributed by atoms with Crippen LogP contribution in [0, 0.1) is 0 Å². The van der Waals surface area contributed by atoms with Crippen molar-refractivity contribution in [2.75, 3.05) is 5.73 Å². The molecule has 3 rings (SSSR count). The van der Waals surface area contributed by atoms with Crippen LogP contribution in [-0.4, -0.2) is 20.2 Å². The maximum Gasteiger partial charge on any atom is 0.187 e. The Labute approximate surface area is 128 Å². The number of aromatic nitrogens is 4. The fraction of sp³-hybridized carbons (Fsp3) is 0. The molecule has 20 heavy (non-hydrogen) atoms. The van der Waals surface area contributed by atoms with Gasteiger partial charge in [0.25, 0.3) is 0 Å². The average molecular weight is 351 g/mol. The molecule has 0 aliphatic rings. The lowest BCUT2D eigenvalue weighted by molar-refractivity contribution is 0.789. The van der Waals surface area contributed by atoms with Gasteiger partial charge in [0.15, 0.2) is 5.82 Å². The number of hydrogen-bond donors (Lipinski definition) is 1. The van der Waals surface area contributed by atoms with E-state index in [9.17, 15) is 0 Å². The summed E-state index contributed by atoms with van der Waals surface area (Å²) >= 11 is 9.41. The molecular weight excluding hydrogens is 342 g/mol. The van der Waals surface area contributed by atoms with Gasteiger partial charge in [-0.25, -0.2) is 0 Å². The highest BCUT2D eigenvalue weighted by molar-refractivity contribution is 9.10. The van der Waals surface area contributed by atoms with Crippen molar-refractivity contribution in [1.29, 1.82) is 0 Å². The molecule has 2 aromatic carbocycles. The third-order valence-electron chi connectivity index (χ3n) is 2.75. The molecule has 0 amide bonds. The molecule has 2 N–H and O–H groups in total. The molecule has 1 heterocycles. The van der Waals surface area contributed by atoms with Gasteiger partial charge < -0.3 is 5.73 Å². The Balaban J connectivity index is 2.15. The van der Waals surface area contributed by atoms with E-state index in [1.165, 1.54) is 0 Å². The molecule has 0 aliphatic carbocycles. The second kappa shape index (κ2) is 5.22. The van der Waals surface area contributed by atoms with E-state index in [1.54, 1.807) is 16.8 Å². The van der Waals surface area contributed by atoms with Crippen molar-refractivity contribution < 1.29 is 0 Å². The predicted octanol–water partition coefficient (Wildman–Crippen LogP) is 3.33. The summed E-state index contributed by atoms with van der Waals surface area (Å²) in [4.78, 5) is 0. The number of halogens is 2. The summed E-state index contributed by atoms with van der Waals surface area (Å²) in [6.45, 7) is 0. The third-order valence-corrected chi connectivity index (χ3v) is 3.62. The maximum atomic E-state index is 5.95. The zero-order valence-electron chi connectivity index (χ0n) is 10.2. The summed E-state index contributed by atoms with van der Waals surface area (Å²) in [5, 5.41) is 12.5. The molecular formula is C13H9BrClN5. The van der Waals surface area contributed by atoms with Gasteiger partial charge in [-0.2, -0.15) is 4.68 Å². The number of nitrogens with two attached hydrogens (primary N) is 1. The Kier molecular flexibility index (Phi) is 3.42. The summed E-state index contributed by atoms with van der Waals surface area (Å²) in [5.74, 6) is 0.611. The van der Waals surface area contributed by atoms with Gasteiger partial charge in [0.05, 0.1) is 5.69 Å². The predicted molar refractivity (Wildman–Crippen MR) is 81.7 cm³/mol. The van der Waals surface area contributed by atoms with Crippen molar-refractivity contribution in [1.82, 2.24) is 20.2 Å². The normalized spacial score (nSPS) is 10.7. The first kappa shape index (κ1) is 13.1. The SMILES string of the molecule is Nc1cccc(-c2nnnn2-c2ccc(Cl)cc2Br)c1. The van der Waals surface area contributed by atoms with Crippen molar-refractivity contribution in [2.24, 2.45) is 0 Å². The zero-order valence-corrected chi connectivity index (χ0v) is 12.5. The van der Waals surface area contributed by atoms with Crippen LogP contribution in [0.4, 0.5) is 5.69 Å². The van der Waals surface area contributed by atoms with Crippen LogP contribution in [0.5, 0.6) is 0 Å². The molecule has 0 unspecified atom stereocenters. The van der Waals surface area contributed by atoms with Crippen LogP contribution in [0.2, 0.25) is 5.02 Å². The smallest absolute Gasteiger partial charge is 0.187 e. The Morgan fingerprint density at radius 2 is 2.00 bits per heavy atom. The molecule has 0 saturated heterocycles. The van der Waals surface area contributed by atoms with E-state index in [1.807, 2.05) is 30.3 Å². The molecule has 0 aliphatic heterocycles. The highest BCUT2D eigenvalue weighted by Gasteiger charge is 2.13. The number of anilines is 1. The Morgan fingerprint density at radius 3 is 2.75 bits per heavy atom. The minimum atomic E-state index is 0.611. The number of nitrogen functional groups attached to an aromatic ring is 1. The number of benzene rings is 2. The second-order valence-corrected chi connectivity index (χ2v) is 5.43. The van der Waals surface area contributed by atoms with Crippen LogP contribution in [0.25, 0.3) is 17.1 Å². The molecule has 0 bridgehead atoms.